The molecular formula is C24H24N2O5. The molecule has 2 aromatic carbocycles. The van der Waals surface area contributed by atoms with Crippen LogP contribution in [0.1, 0.15) is 29.9 Å². The number of amides is 2. The molecule has 2 N–H and O–H groups in total. The van der Waals surface area contributed by atoms with Gasteiger partial charge in [-0.3, -0.25) is 9.59 Å². The molecule has 2 aliphatic rings. The first-order valence-corrected chi connectivity index (χ1v) is 10.2. The Kier molecular flexibility index (Phi) is 5.50. The summed E-state index contributed by atoms with van der Waals surface area (Å²) >= 11 is 0. The van der Waals surface area contributed by atoms with Gasteiger partial charge >= 0.3 is 12.1 Å². The third kappa shape index (κ3) is 4.03. The number of ether oxygens (including phenoxy) is 1. The quantitative estimate of drug-likeness (QED) is 0.640. The number of benzene rings is 2. The van der Waals surface area contributed by atoms with Gasteiger partial charge in [0.2, 0.25) is 5.91 Å². The number of carbonyl (C=O) groups excluding carboxylic acids is 2. The number of carboxylic acids is 1. The number of hydrogen-bond acceptors (Lipinski definition) is 4. The predicted molar refractivity (Wildman–Crippen MR) is 115 cm³/mol. The van der Waals surface area contributed by atoms with E-state index in [4.69, 9.17) is 9.84 Å². The number of rotatable bonds is 8. The largest absolute Gasteiger partial charge is 0.480 e. The number of nitrogens with zero attached hydrogens (tertiary/aromatic N) is 1. The van der Waals surface area contributed by atoms with Gasteiger partial charge in [-0.25, -0.2) is 4.79 Å². The van der Waals surface area contributed by atoms with Crippen molar-refractivity contribution in [1.29, 1.82) is 0 Å². The van der Waals surface area contributed by atoms with E-state index in [1.165, 1.54) is 11.0 Å². The Morgan fingerprint density at radius 2 is 1.68 bits per heavy atom. The second kappa shape index (κ2) is 8.26. The highest BCUT2D eigenvalue weighted by Gasteiger charge is 2.53. The molecule has 1 fully saturated rings. The van der Waals surface area contributed by atoms with Gasteiger partial charge in [0.25, 0.3) is 0 Å². The molecule has 0 heterocycles. The fourth-order valence-corrected chi connectivity index (χ4v) is 4.19. The number of alkyl carbamates (subject to hydrolysis) is 1. The highest BCUT2D eigenvalue weighted by molar-refractivity contribution is 5.94. The Morgan fingerprint density at radius 1 is 1.10 bits per heavy atom. The van der Waals surface area contributed by atoms with Crippen LogP contribution in [0.25, 0.3) is 11.1 Å². The Balaban J connectivity index is 1.42. The minimum Gasteiger partial charge on any atom is -0.480 e. The van der Waals surface area contributed by atoms with Gasteiger partial charge in [-0.15, -0.1) is 6.58 Å². The molecule has 0 saturated heterocycles. The van der Waals surface area contributed by atoms with E-state index in [0.29, 0.717) is 12.8 Å². The van der Waals surface area contributed by atoms with Crippen LogP contribution in [0.3, 0.4) is 0 Å². The van der Waals surface area contributed by atoms with Gasteiger partial charge in [0.05, 0.1) is 0 Å². The Morgan fingerprint density at radius 3 is 2.19 bits per heavy atom. The molecule has 7 heteroatoms. The topological polar surface area (TPSA) is 95.9 Å². The molecule has 160 valence electrons. The lowest BCUT2D eigenvalue weighted by atomic mass is 9.98. The highest BCUT2D eigenvalue weighted by Crippen LogP contribution is 2.44. The Bertz CT molecular complexity index is 998. The van der Waals surface area contributed by atoms with Crippen molar-refractivity contribution >= 4 is 18.0 Å². The SMILES string of the molecule is C=CCN(CC(=O)O)C(=O)C1(NC(=O)OCC2c3ccccc3-c3ccccc32)CC1. The van der Waals surface area contributed by atoms with Crippen molar-refractivity contribution in [2.45, 2.75) is 24.3 Å². The third-order valence-electron chi connectivity index (χ3n) is 5.81. The average molecular weight is 420 g/mol. The lowest BCUT2D eigenvalue weighted by Crippen LogP contribution is -2.52. The van der Waals surface area contributed by atoms with Crippen molar-refractivity contribution in [3.8, 4) is 11.1 Å². The van der Waals surface area contributed by atoms with Gasteiger partial charge in [0, 0.05) is 12.5 Å². The van der Waals surface area contributed by atoms with Crippen LogP contribution in [-0.2, 0) is 14.3 Å². The molecule has 7 nitrogen and oxygen atoms in total. The lowest BCUT2D eigenvalue weighted by Gasteiger charge is -2.25. The van der Waals surface area contributed by atoms with Crippen LogP contribution in [-0.4, -0.2) is 53.2 Å². The first kappa shape index (κ1) is 20.7. The second-order valence-electron chi connectivity index (χ2n) is 7.90. The summed E-state index contributed by atoms with van der Waals surface area (Å²) in [6, 6.07) is 16.1. The molecule has 2 aliphatic carbocycles. The van der Waals surface area contributed by atoms with E-state index < -0.39 is 30.1 Å². The van der Waals surface area contributed by atoms with Crippen LogP contribution in [0.15, 0.2) is 61.2 Å². The zero-order valence-electron chi connectivity index (χ0n) is 17.0. The van der Waals surface area contributed by atoms with Crippen LogP contribution >= 0.6 is 0 Å². The maximum atomic E-state index is 12.8. The summed E-state index contributed by atoms with van der Waals surface area (Å²) in [7, 11) is 0. The zero-order chi connectivity index (χ0) is 22.0. The third-order valence-corrected chi connectivity index (χ3v) is 5.81. The normalized spacial score (nSPS) is 15.4. The van der Waals surface area contributed by atoms with Gasteiger partial charge in [-0.1, -0.05) is 54.6 Å². The maximum absolute atomic E-state index is 12.8. The summed E-state index contributed by atoms with van der Waals surface area (Å²) in [5, 5.41) is 11.7. The summed E-state index contributed by atoms with van der Waals surface area (Å²) in [4.78, 5) is 37.6. The minimum absolute atomic E-state index is 0.0757. The number of carbonyl (C=O) groups is 3. The van der Waals surface area contributed by atoms with E-state index in [1.54, 1.807) is 0 Å². The van der Waals surface area contributed by atoms with Gasteiger partial charge in [-0.05, 0) is 35.1 Å². The van der Waals surface area contributed by atoms with Gasteiger partial charge in [0.15, 0.2) is 0 Å². The van der Waals surface area contributed by atoms with E-state index in [2.05, 4.69) is 24.0 Å². The van der Waals surface area contributed by atoms with E-state index in [1.807, 2.05) is 36.4 Å². The molecule has 4 rings (SSSR count). The highest BCUT2D eigenvalue weighted by atomic mass is 16.5. The summed E-state index contributed by atoms with van der Waals surface area (Å²) in [6.45, 7) is 3.36. The summed E-state index contributed by atoms with van der Waals surface area (Å²) in [5.74, 6) is -1.62. The summed E-state index contributed by atoms with van der Waals surface area (Å²) in [6.07, 6.45) is 1.68. The summed E-state index contributed by atoms with van der Waals surface area (Å²) < 4.78 is 5.53. The van der Waals surface area contributed by atoms with Crippen molar-refractivity contribution in [1.82, 2.24) is 10.2 Å². The zero-order valence-corrected chi connectivity index (χ0v) is 17.0. The molecule has 2 amide bonds. The first-order chi connectivity index (χ1) is 14.9. The molecule has 31 heavy (non-hydrogen) atoms. The number of hydrogen-bond donors (Lipinski definition) is 2. The van der Waals surface area contributed by atoms with Crippen LogP contribution < -0.4 is 5.32 Å². The number of aliphatic carboxylic acids is 1. The molecule has 0 aliphatic heterocycles. The number of carboxylic acid groups (broad SMARTS) is 1. The second-order valence-corrected chi connectivity index (χ2v) is 7.90. The Labute approximate surface area is 180 Å². The van der Waals surface area contributed by atoms with Crippen LogP contribution in [0.2, 0.25) is 0 Å². The Hall–Kier alpha value is -3.61. The molecule has 0 bridgehead atoms. The van der Waals surface area contributed by atoms with Gasteiger partial charge < -0.3 is 20.1 Å². The minimum atomic E-state index is -1.12. The maximum Gasteiger partial charge on any atom is 0.408 e. The summed E-state index contributed by atoms with van der Waals surface area (Å²) in [5.41, 5.74) is 3.38. The molecule has 0 unspecified atom stereocenters. The number of nitrogens with one attached hydrogen (secondary N) is 1. The predicted octanol–water partition coefficient (Wildman–Crippen LogP) is 3.16. The van der Waals surface area contributed by atoms with Crippen LogP contribution in [0.5, 0.6) is 0 Å². The molecule has 2 aromatic rings. The first-order valence-electron chi connectivity index (χ1n) is 10.2. The van der Waals surface area contributed by atoms with E-state index >= 15 is 0 Å². The van der Waals surface area contributed by atoms with Crippen LogP contribution in [0.4, 0.5) is 4.79 Å². The van der Waals surface area contributed by atoms with Gasteiger partial charge in [-0.2, -0.15) is 0 Å². The van der Waals surface area contributed by atoms with Crippen molar-refractivity contribution in [2.24, 2.45) is 0 Å². The lowest BCUT2D eigenvalue weighted by molar-refractivity contribution is -0.145. The van der Waals surface area contributed by atoms with Crippen molar-refractivity contribution in [3.05, 3.63) is 72.3 Å². The van der Waals surface area contributed by atoms with Crippen molar-refractivity contribution in [3.63, 3.8) is 0 Å². The monoisotopic (exact) mass is 420 g/mol. The molecule has 0 aromatic heterocycles. The van der Waals surface area contributed by atoms with E-state index in [-0.39, 0.29) is 19.1 Å². The fraction of sp³-hybridized carbons (Fsp3) is 0.292. The smallest absolute Gasteiger partial charge is 0.408 e. The van der Waals surface area contributed by atoms with Crippen molar-refractivity contribution < 1.29 is 24.2 Å². The van der Waals surface area contributed by atoms with E-state index in [0.717, 1.165) is 22.3 Å². The molecule has 1 saturated carbocycles. The molecule has 0 atom stereocenters. The molecule has 0 spiro atoms. The number of fused-ring (bicyclic) bond motifs is 3. The van der Waals surface area contributed by atoms with Crippen LogP contribution in [0, 0.1) is 0 Å². The van der Waals surface area contributed by atoms with Gasteiger partial charge in [0.1, 0.15) is 18.7 Å². The average Bonchev–Trinajstić information content (AvgIpc) is 3.46. The molecular weight excluding hydrogens is 396 g/mol. The van der Waals surface area contributed by atoms with E-state index in [9.17, 15) is 14.4 Å². The fourth-order valence-electron chi connectivity index (χ4n) is 4.19. The standard InChI is InChI=1S/C24H24N2O5/c1-2-13-26(14-21(27)28)22(29)24(11-12-24)25-23(30)31-15-20-18-9-5-3-7-16(18)17-8-4-6-10-19(17)20/h2-10,20H,1,11-15H2,(H,25,30)(H,27,28). The van der Waals surface area contributed by atoms with Crippen molar-refractivity contribution in [2.75, 3.05) is 19.7 Å². The molecule has 0 radical (unpaired) electrons.